The van der Waals surface area contributed by atoms with Crippen LogP contribution in [0.25, 0.3) is 0 Å². The number of nitrogens with one attached hydrogen (secondary N) is 2. The summed E-state index contributed by atoms with van der Waals surface area (Å²) in [6.07, 6.45) is 0.307. The Morgan fingerprint density at radius 1 is 0.824 bits per heavy atom. The molecule has 2 N–H and O–H groups in total. The van der Waals surface area contributed by atoms with Crippen molar-refractivity contribution in [2.24, 2.45) is 0 Å². The monoisotopic (exact) mass is 447 g/mol. The molecule has 0 radical (unpaired) electrons. The fourth-order valence-electron chi connectivity index (χ4n) is 4.25. The lowest BCUT2D eigenvalue weighted by atomic mass is 10.1. The molecule has 5 nitrogen and oxygen atoms in total. The van der Waals surface area contributed by atoms with Crippen LogP contribution in [0.5, 0.6) is 0 Å². The highest BCUT2D eigenvalue weighted by atomic mass is 16.2. The van der Waals surface area contributed by atoms with Gasteiger partial charge in [0.1, 0.15) is 0 Å². The summed E-state index contributed by atoms with van der Waals surface area (Å²) in [7, 11) is 0. The topological polar surface area (TPSA) is 61.4 Å². The molecular weight excluding hydrogens is 422 g/mol. The standard InChI is InChI=1S/C29H25N3O2/c1-20-8-2-3-9-22(20)18-28(33)31-24-16-14-21(15-17-24)29(34)32-26-12-6-4-10-23(26)19-30-25-11-5-7-13-27(25)32/h2-17,30H,18-19H2,1H3,(H,31,33). The zero-order valence-corrected chi connectivity index (χ0v) is 18.9. The molecular formula is C29H25N3O2. The van der Waals surface area contributed by atoms with Crippen LogP contribution in [0.4, 0.5) is 22.7 Å². The molecule has 168 valence electrons. The summed E-state index contributed by atoms with van der Waals surface area (Å²) >= 11 is 0. The van der Waals surface area contributed by atoms with Crippen LogP contribution in [0.1, 0.15) is 27.0 Å². The van der Waals surface area contributed by atoms with Crippen molar-refractivity contribution in [2.45, 2.75) is 19.9 Å². The smallest absolute Gasteiger partial charge is 0.262 e. The lowest BCUT2D eigenvalue weighted by Crippen LogP contribution is -2.26. The first kappa shape index (κ1) is 21.5. The van der Waals surface area contributed by atoms with Crippen LogP contribution in [0, 0.1) is 6.92 Å². The number of para-hydroxylation sites is 3. The van der Waals surface area contributed by atoms with Gasteiger partial charge in [-0.15, -0.1) is 0 Å². The van der Waals surface area contributed by atoms with Crippen LogP contribution in [0.3, 0.4) is 0 Å². The number of aryl methyl sites for hydroxylation is 1. The van der Waals surface area contributed by atoms with E-state index < -0.39 is 0 Å². The first-order chi connectivity index (χ1) is 16.6. The van der Waals surface area contributed by atoms with Crippen LogP contribution in [0.15, 0.2) is 97.1 Å². The number of carbonyl (C=O) groups is 2. The summed E-state index contributed by atoms with van der Waals surface area (Å²) in [5, 5.41) is 6.36. The van der Waals surface area contributed by atoms with Gasteiger partial charge in [0.2, 0.25) is 5.91 Å². The van der Waals surface area contributed by atoms with E-state index in [-0.39, 0.29) is 11.8 Å². The van der Waals surface area contributed by atoms with E-state index in [0.29, 0.717) is 24.2 Å². The van der Waals surface area contributed by atoms with Gasteiger partial charge in [-0.05, 0) is 66.1 Å². The van der Waals surface area contributed by atoms with E-state index in [2.05, 4.69) is 10.6 Å². The molecule has 34 heavy (non-hydrogen) atoms. The first-order valence-corrected chi connectivity index (χ1v) is 11.3. The third-order valence-corrected chi connectivity index (χ3v) is 6.08. The predicted octanol–water partition coefficient (Wildman–Crippen LogP) is 6.08. The average molecular weight is 448 g/mol. The molecule has 0 unspecified atom stereocenters. The number of amides is 2. The molecule has 0 saturated carbocycles. The Hall–Kier alpha value is -4.38. The average Bonchev–Trinajstić information content (AvgIpc) is 3.02. The summed E-state index contributed by atoms with van der Waals surface area (Å²) in [6.45, 7) is 2.64. The third kappa shape index (κ3) is 4.28. The Kier molecular flexibility index (Phi) is 5.83. The maximum absolute atomic E-state index is 13.7. The van der Waals surface area contributed by atoms with Crippen LogP contribution in [-0.2, 0) is 17.8 Å². The van der Waals surface area contributed by atoms with E-state index in [1.165, 1.54) is 0 Å². The summed E-state index contributed by atoms with van der Waals surface area (Å²) in [5.74, 6) is -0.212. The van der Waals surface area contributed by atoms with Gasteiger partial charge in [-0.1, -0.05) is 54.6 Å². The Morgan fingerprint density at radius 2 is 1.50 bits per heavy atom. The molecule has 0 aromatic heterocycles. The second kappa shape index (κ2) is 9.24. The Morgan fingerprint density at radius 3 is 2.29 bits per heavy atom. The van der Waals surface area contributed by atoms with Gasteiger partial charge in [-0.2, -0.15) is 0 Å². The van der Waals surface area contributed by atoms with Gasteiger partial charge in [-0.3, -0.25) is 14.5 Å². The molecule has 2 amide bonds. The van der Waals surface area contributed by atoms with E-state index in [1.807, 2.05) is 79.7 Å². The van der Waals surface area contributed by atoms with Gasteiger partial charge in [0.15, 0.2) is 0 Å². The van der Waals surface area contributed by atoms with Gasteiger partial charge >= 0.3 is 0 Å². The summed E-state index contributed by atoms with van der Waals surface area (Å²) in [5.41, 5.74) is 6.93. The highest BCUT2D eigenvalue weighted by Gasteiger charge is 2.26. The maximum atomic E-state index is 13.7. The van der Waals surface area contributed by atoms with Crippen LogP contribution >= 0.6 is 0 Å². The SMILES string of the molecule is Cc1ccccc1CC(=O)Nc1ccc(C(=O)N2c3ccccc3CNc3ccccc32)cc1. The van der Waals surface area contributed by atoms with E-state index >= 15 is 0 Å². The van der Waals surface area contributed by atoms with Crippen molar-refractivity contribution < 1.29 is 9.59 Å². The van der Waals surface area contributed by atoms with Crippen molar-refractivity contribution in [1.82, 2.24) is 0 Å². The molecule has 0 aliphatic carbocycles. The third-order valence-electron chi connectivity index (χ3n) is 6.08. The van der Waals surface area contributed by atoms with E-state index in [4.69, 9.17) is 0 Å². The van der Waals surface area contributed by atoms with Crippen LogP contribution in [0.2, 0.25) is 0 Å². The molecule has 1 heterocycles. The summed E-state index contributed by atoms with van der Waals surface area (Å²) < 4.78 is 0. The number of hydrogen-bond acceptors (Lipinski definition) is 3. The van der Waals surface area contributed by atoms with Gasteiger partial charge in [0, 0.05) is 17.8 Å². The number of fused-ring (bicyclic) bond motifs is 2. The summed E-state index contributed by atoms with van der Waals surface area (Å²) in [4.78, 5) is 28.0. The fraction of sp³-hybridized carbons (Fsp3) is 0.103. The molecule has 0 saturated heterocycles. The van der Waals surface area contributed by atoms with E-state index in [9.17, 15) is 9.59 Å². The Balaban J connectivity index is 1.39. The van der Waals surface area contributed by atoms with Gasteiger partial charge in [0.05, 0.1) is 23.5 Å². The lowest BCUT2D eigenvalue weighted by Gasteiger charge is -2.24. The number of hydrogen-bond donors (Lipinski definition) is 2. The van der Waals surface area contributed by atoms with Crippen LogP contribution < -0.4 is 15.5 Å². The number of nitrogens with zero attached hydrogens (tertiary/aromatic N) is 1. The van der Waals surface area contributed by atoms with E-state index in [1.54, 1.807) is 29.2 Å². The molecule has 1 aliphatic heterocycles. The molecule has 4 aromatic carbocycles. The van der Waals surface area contributed by atoms with Crippen molar-refractivity contribution in [3.05, 3.63) is 119 Å². The molecule has 4 aromatic rings. The molecule has 0 spiro atoms. The van der Waals surface area contributed by atoms with Gasteiger partial charge < -0.3 is 10.6 Å². The lowest BCUT2D eigenvalue weighted by molar-refractivity contribution is -0.115. The number of rotatable bonds is 4. The largest absolute Gasteiger partial charge is 0.379 e. The van der Waals surface area contributed by atoms with Crippen molar-refractivity contribution in [3.8, 4) is 0 Å². The second-order valence-electron chi connectivity index (χ2n) is 8.37. The number of carbonyl (C=O) groups excluding carboxylic acids is 2. The predicted molar refractivity (Wildman–Crippen MR) is 137 cm³/mol. The molecule has 5 heteroatoms. The highest BCUT2D eigenvalue weighted by Crippen LogP contribution is 2.38. The Bertz CT molecular complexity index is 1310. The number of anilines is 4. The van der Waals surface area contributed by atoms with Crippen molar-refractivity contribution in [3.63, 3.8) is 0 Å². The fourth-order valence-corrected chi connectivity index (χ4v) is 4.25. The van der Waals surface area contributed by atoms with Crippen molar-refractivity contribution in [1.29, 1.82) is 0 Å². The maximum Gasteiger partial charge on any atom is 0.262 e. The van der Waals surface area contributed by atoms with Gasteiger partial charge in [0.25, 0.3) is 5.91 Å². The quantitative estimate of drug-likeness (QED) is 0.399. The summed E-state index contributed by atoms with van der Waals surface area (Å²) in [6, 6.07) is 30.7. The molecule has 0 fully saturated rings. The minimum absolute atomic E-state index is 0.0881. The molecule has 0 bridgehead atoms. The molecule has 0 atom stereocenters. The Labute approximate surface area is 199 Å². The molecule has 1 aliphatic rings. The zero-order chi connectivity index (χ0) is 23.5. The van der Waals surface area contributed by atoms with Gasteiger partial charge in [-0.25, -0.2) is 0 Å². The zero-order valence-electron chi connectivity index (χ0n) is 18.9. The first-order valence-electron chi connectivity index (χ1n) is 11.3. The van der Waals surface area contributed by atoms with Crippen LogP contribution in [-0.4, -0.2) is 11.8 Å². The second-order valence-corrected chi connectivity index (χ2v) is 8.37. The van der Waals surface area contributed by atoms with Crippen molar-refractivity contribution >= 4 is 34.6 Å². The van der Waals surface area contributed by atoms with Crippen molar-refractivity contribution in [2.75, 3.05) is 15.5 Å². The minimum Gasteiger partial charge on any atom is -0.379 e. The highest BCUT2D eigenvalue weighted by molar-refractivity contribution is 6.13. The number of benzene rings is 4. The minimum atomic E-state index is -0.124. The van der Waals surface area contributed by atoms with E-state index in [0.717, 1.165) is 33.8 Å². The molecule has 5 rings (SSSR count). The normalized spacial score (nSPS) is 12.1.